The van der Waals surface area contributed by atoms with Crippen molar-refractivity contribution in [3.05, 3.63) is 206 Å². The van der Waals surface area contributed by atoms with Crippen molar-refractivity contribution in [3.8, 4) is 17.3 Å². The number of Topliss-reactive ketones (excluding diaryl/α,β-unsaturated/α-hetero) is 2. The van der Waals surface area contributed by atoms with Crippen LogP contribution in [0.3, 0.4) is 0 Å². The molecule has 0 fully saturated rings. The maximum absolute atomic E-state index is 15.5. The Morgan fingerprint density at radius 3 is 1.72 bits per heavy atom. The molecule has 6 aromatic carbocycles. The molecule has 9 atom stereocenters. The SMILES string of the molecule is COCO[C@H]1c2c(Cl)c(F)cc(Br)c2C[C@H]1F.Cn1cncc1-c1c(F)cc([C@H]2CC[C@H](F)c3cc(F)cc(C#N)c32)c2c1[C@H](O)[C@H](F)C2.O=C1CCc2c(Br)cc(F)c(Cl)c21.O=C1c2c(Cl)c(F)cc(Br)c2CC1F.O[C@H]1c2c(Cl)c(F)cc(Br)c2C[C@H]1F. The quantitative estimate of drug-likeness (QED) is 0.0988. The number of aliphatic hydroxyl groups is 2. The Morgan fingerprint density at radius 2 is 1.13 bits per heavy atom. The Labute approximate surface area is 560 Å². The first-order valence-electron chi connectivity index (χ1n) is 27.0. The number of aromatic nitrogens is 2. The van der Waals surface area contributed by atoms with Gasteiger partial charge in [0, 0.05) is 97.9 Å². The average Bonchev–Trinajstić information content (AvgIpc) is 1.39. The lowest BCUT2D eigenvalue weighted by Gasteiger charge is -2.31. The van der Waals surface area contributed by atoms with Gasteiger partial charge < -0.3 is 24.3 Å². The molecular weight excluding hydrogens is 1550 g/mol. The van der Waals surface area contributed by atoms with Crippen LogP contribution in [0.1, 0.15) is 137 Å². The van der Waals surface area contributed by atoms with Crippen molar-refractivity contribution in [2.45, 2.75) is 106 Å². The summed E-state index contributed by atoms with van der Waals surface area (Å²) in [7, 11) is 3.11. The van der Waals surface area contributed by atoms with Crippen LogP contribution in [0.4, 0.5) is 48.3 Å². The van der Waals surface area contributed by atoms with Gasteiger partial charge in [-0.05, 0) is 112 Å². The molecule has 0 radical (unpaired) electrons. The van der Waals surface area contributed by atoms with Crippen LogP contribution in [0.5, 0.6) is 0 Å². The first-order valence-corrected chi connectivity index (χ1v) is 31.7. The maximum atomic E-state index is 15.5. The van der Waals surface area contributed by atoms with Crippen LogP contribution in [-0.2, 0) is 48.6 Å². The number of benzene rings is 6. The molecule has 6 aliphatic carbocycles. The zero-order chi connectivity index (χ0) is 65.8. The van der Waals surface area contributed by atoms with E-state index in [9.17, 15) is 69.0 Å². The van der Waals surface area contributed by atoms with Gasteiger partial charge in [0.2, 0.25) is 0 Å². The van der Waals surface area contributed by atoms with E-state index in [1.54, 1.807) is 11.6 Å². The van der Waals surface area contributed by atoms with Gasteiger partial charge in [0.25, 0.3) is 0 Å². The van der Waals surface area contributed by atoms with Gasteiger partial charge in [-0.15, -0.1) is 0 Å². The van der Waals surface area contributed by atoms with Crippen molar-refractivity contribution in [3.63, 3.8) is 0 Å². The lowest BCUT2D eigenvalue weighted by atomic mass is 9.74. The monoisotopic (exact) mass is 1590 g/mol. The summed E-state index contributed by atoms with van der Waals surface area (Å²) in [6, 6.07) is 10.2. The van der Waals surface area contributed by atoms with E-state index in [2.05, 4.69) is 68.7 Å². The molecule has 1 unspecified atom stereocenters. The summed E-state index contributed by atoms with van der Waals surface area (Å²) in [5.74, 6) is -5.28. The van der Waals surface area contributed by atoms with Gasteiger partial charge in [-0.2, -0.15) is 5.26 Å². The van der Waals surface area contributed by atoms with Crippen LogP contribution >= 0.6 is 110 Å². The van der Waals surface area contributed by atoms with Crippen molar-refractivity contribution >= 4 is 122 Å². The molecule has 0 bridgehead atoms. The molecule has 90 heavy (non-hydrogen) atoms. The molecule has 6 aliphatic rings. The number of ketones is 2. The van der Waals surface area contributed by atoms with Crippen molar-refractivity contribution in [1.29, 1.82) is 5.26 Å². The standard InChI is InChI=1S/C24H19F4N3O.C11H10BrClF2O2.C9H6BrClF2O.C9H4BrClF2O.C9H5BrClFO/c1-31-10-30-9-20(31)23-18(27)6-14(15-7-19(28)24(32)22(15)23)13-2-3-17(26)16-5-12(25)4-11(8-29)21(13)16;1-16-4-17-11-8(15)2-5-6(12)3-7(14)10(13)9(5)11;2*10-4-2-5(12)8(11)7-3(4)1-6(13)9(7)14;10-5-3-6(12)9(11)8-4(5)1-2-7(8)13/h4-6,9-10,13,17,19,24,32H,2-3,7H2,1H3;3,8,11H,2,4H2,1H3;2,6,9,14H,1H2;2,6H,1H2;3H,1-2H2/t13-,17+,19-,24-;8-,11-;6-,9-;;/m111../s1. The number of nitrogens with zero attached hydrogens (tertiary/aromatic N) is 3. The molecule has 1 heterocycles. The van der Waals surface area contributed by atoms with Crippen molar-refractivity contribution in [1.82, 2.24) is 9.55 Å². The minimum absolute atomic E-state index is 0.0208. The number of methoxy groups -OCH3 is 1. The second-order valence-corrected chi connectivity index (χ2v) is 26.3. The number of alkyl halides is 5. The highest BCUT2D eigenvalue weighted by atomic mass is 79.9. The van der Waals surface area contributed by atoms with Crippen LogP contribution in [0.25, 0.3) is 11.3 Å². The highest BCUT2D eigenvalue weighted by Gasteiger charge is 2.43. The lowest BCUT2D eigenvalue weighted by Crippen LogP contribution is -2.18. The van der Waals surface area contributed by atoms with Gasteiger partial charge in [-0.1, -0.05) is 110 Å². The van der Waals surface area contributed by atoms with Crippen molar-refractivity contribution in [2.75, 3.05) is 13.9 Å². The third-order valence-electron chi connectivity index (χ3n) is 16.0. The fraction of sp³-hybridized carbons (Fsp3) is 0.323. The van der Waals surface area contributed by atoms with Crippen LogP contribution in [0.15, 0.2) is 72.9 Å². The smallest absolute Gasteiger partial charge is 0.199 e. The topological polar surface area (TPSA) is 135 Å². The number of imidazole rings is 1. The van der Waals surface area contributed by atoms with E-state index >= 15 is 4.39 Å². The fourth-order valence-corrected chi connectivity index (χ4v) is 15.3. The molecule has 0 amide bonds. The number of aryl methyl sites for hydroxylation is 1. The molecule has 0 saturated heterocycles. The van der Waals surface area contributed by atoms with E-state index in [0.717, 1.165) is 23.8 Å². The van der Waals surface area contributed by atoms with Crippen LogP contribution in [0, 0.1) is 46.2 Å². The van der Waals surface area contributed by atoms with E-state index in [4.69, 9.17) is 55.9 Å². The number of ether oxygens (including phenoxy) is 2. The highest BCUT2D eigenvalue weighted by molar-refractivity contribution is 9.11. The van der Waals surface area contributed by atoms with E-state index in [-0.39, 0.29) is 105 Å². The van der Waals surface area contributed by atoms with E-state index in [0.29, 0.717) is 80.9 Å². The number of carbonyl (C=O) groups excluding carboxylic acids is 2. The van der Waals surface area contributed by atoms with Gasteiger partial charge in [0.05, 0.1) is 49.9 Å². The van der Waals surface area contributed by atoms with E-state index in [1.807, 2.05) is 6.07 Å². The van der Waals surface area contributed by atoms with Crippen LogP contribution in [0.2, 0.25) is 20.1 Å². The predicted octanol–water partition coefficient (Wildman–Crippen LogP) is 18.8. The Morgan fingerprint density at radius 1 is 0.600 bits per heavy atom. The zero-order valence-electron chi connectivity index (χ0n) is 46.3. The molecule has 1 aromatic heterocycles. The van der Waals surface area contributed by atoms with Crippen LogP contribution < -0.4 is 0 Å². The van der Waals surface area contributed by atoms with Gasteiger partial charge in [0.15, 0.2) is 17.7 Å². The minimum Gasteiger partial charge on any atom is -0.385 e. The molecule has 13 rings (SSSR count). The Hall–Kier alpha value is -4.49. The summed E-state index contributed by atoms with van der Waals surface area (Å²) >= 11 is 35.4. The Balaban J connectivity index is 0.000000141. The Kier molecular flexibility index (Phi) is 22.2. The number of hydrogen-bond acceptors (Lipinski definition) is 8. The highest BCUT2D eigenvalue weighted by Crippen LogP contribution is 2.52. The zero-order valence-corrected chi connectivity index (χ0v) is 55.7. The molecule has 476 valence electrons. The molecule has 9 nitrogen and oxygen atoms in total. The maximum Gasteiger partial charge on any atom is 0.199 e. The van der Waals surface area contributed by atoms with Gasteiger partial charge in [-0.25, -0.2) is 53.3 Å². The summed E-state index contributed by atoms with van der Waals surface area (Å²) in [5, 5.41) is 29.0. The second kappa shape index (κ2) is 28.6. The van der Waals surface area contributed by atoms with Crippen LogP contribution in [-0.4, -0.2) is 69.9 Å². The number of halogens is 19. The van der Waals surface area contributed by atoms with E-state index < -0.39 is 95.8 Å². The second-order valence-electron chi connectivity index (χ2n) is 21.4. The third-order valence-corrected chi connectivity index (χ3v) is 20.4. The molecular formula is C62H44Br4Cl4F11N3O6. The molecule has 0 spiro atoms. The average molecular weight is 1600 g/mol. The predicted molar refractivity (Wildman–Crippen MR) is 328 cm³/mol. The minimum atomic E-state index is -1.63. The van der Waals surface area contributed by atoms with Crippen molar-refractivity contribution < 1.29 is 77.6 Å². The molecule has 0 saturated carbocycles. The largest absolute Gasteiger partial charge is 0.385 e. The van der Waals surface area contributed by atoms with Gasteiger partial charge >= 0.3 is 0 Å². The van der Waals surface area contributed by atoms with Gasteiger partial charge in [-0.3, -0.25) is 9.59 Å². The Bertz CT molecular complexity index is 4090. The van der Waals surface area contributed by atoms with Crippen molar-refractivity contribution in [2.24, 2.45) is 7.05 Å². The molecule has 7 aromatic rings. The summed E-state index contributed by atoms with van der Waals surface area (Å²) in [6.07, 6.45) is -6.66. The molecule has 2 N–H and O–H groups in total. The normalized spacial score (nSPS) is 22.1. The molecule has 0 aliphatic heterocycles. The fourth-order valence-electron chi connectivity index (χ4n) is 11.9. The number of rotatable bonds is 5. The number of nitriles is 1. The summed E-state index contributed by atoms with van der Waals surface area (Å²) < 4.78 is 165. The first-order chi connectivity index (χ1) is 42.5. The summed E-state index contributed by atoms with van der Waals surface area (Å²) in [4.78, 5) is 26.6. The van der Waals surface area contributed by atoms with Gasteiger partial charge in [0.1, 0.15) is 84.7 Å². The number of hydrogen-bond donors (Lipinski definition) is 2. The number of aliphatic hydroxyl groups excluding tert-OH is 2. The lowest BCUT2D eigenvalue weighted by molar-refractivity contribution is -0.0931. The summed E-state index contributed by atoms with van der Waals surface area (Å²) in [6.45, 7) is -0.0605. The summed E-state index contributed by atoms with van der Waals surface area (Å²) in [5.41, 5.74) is 5.20. The molecule has 28 heteroatoms. The first kappa shape index (κ1) is 69.8. The number of fused-ring (bicyclic) bond motifs is 6. The van der Waals surface area contributed by atoms with E-state index in [1.165, 1.54) is 43.9 Å². The third kappa shape index (κ3) is 13.5. The number of carbonyl (C=O) groups is 2.